The fourth-order valence-electron chi connectivity index (χ4n) is 0.893. The quantitative estimate of drug-likeness (QED) is 0.453. The van der Waals surface area contributed by atoms with Crippen molar-refractivity contribution in [3.63, 3.8) is 0 Å². The second kappa shape index (κ2) is 8.81. The van der Waals surface area contributed by atoms with Crippen molar-refractivity contribution in [2.24, 2.45) is 0 Å². The highest BCUT2D eigenvalue weighted by atomic mass is 35.5. The molecule has 0 radical (unpaired) electrons. The van der Waals surface area contributed by atoms with E-state index in [1.54, 1.807) is 0 Å². The first kappa shape index (κ1) is 11.7. The van der Waals surface area contributed by atoms with Crippen LogP contribution in [0.15, 0.2) is 0 Å². The molecule has 0 atom stereocenters. The molecule has 3 nitrogen and oxygen atoms in total. The number of hydrogen-bond acceptors (Lipinski definition) is 2. The highest BCUT2D eigenvalue weighted by Crippen LogP contribution is 1.99. The molecule has 0 aromatic heterocycles. The number of alkyl halides is 1. The monoisotopic (exact) mass is 193 g/mol. The highest BCUT2D eigenvalue weighted by Gasteiger charge is 1.94. The van der Waals surface area contributed by atoms with Crippen LogP contribution in [-0.2, 0) is 4.79 Å². The number of aliphatic carboxylic acids is 1. The van der Waals surface area contributed by atoms with E-state index in [0.717, 1.165) is 38.1 Å². The van der Waals surface area contributed by atoms with Gasteiger partial charge in [0.15, 0.2) is 0 Å². The third kappa shape index (κ3) is 9.72. The molecule has 4 heteroatoms. The number of carboxylic acid groups (broad SMARTS) is 1. The van der Waals surface area contributed by atoms with Gasteiger partial charge in [0.2, 0.25) is 0 Å². The lowest BCUT2D eigenvalue weighted by atomic mass is 10.2. The zero-order valence-electron chi connectivity index (χ0n) is 7.18. The van der Waals surface area contributed by atoms with Gasteiger partial charge >= 0.3 is 5.97 Å². The van der Waals surface area contributed by atoms with Crippen molar-refractivity contribution in [3.8, 4) is 0 Å². The summed E-state index contributed by atoms with van der Waals surface area (Å²) in [5.41, 5.74) is 0. The first-order valence-corrected chi connectivity index (χ1v) is 4.79. The second-order valence-electron chi connectivity index (χ2n) is 2.67. The Morgan fingerprint density at radius 2 is 1.92 bits per heavy atom. The minimum absolute atomic E-state index is 0.0650. The number of unbranched alkanes of at least 4 members (excludes halogenated alkanes) is 3. The predicted octanol–water partition coefficient (Wildman–Crippen LogP) is 1.46. The number of carboxylic acids is 1. The molecule has 0 aromatic rings. The summed E-state index contributed by atoms with van der Waals surface area (Å²) in [6, 6.07) is 0. The van der Waals surface area contributed by atoms with E-state index in [2.05, 4.69) is 5.32 Å². The van der Waals surface area contributed by atoms with Crippen molar-refractivity contribution in [2.75, 3.05) is 19.0 Å². The van der Waals surface area contributed by atoms with Crippen molar-refractivity contribution >= 4 is 17.6 Å². The topological polar surface area (TPSA) is 49.3 Å². The van der Waals surface area contributed by atoms with Crippen LogP contribution in [0.1, 0.15) is 25.7 Å². The third-order valence-electron chi connectivity index (χ3n) is 1.51. The zero-order valence-corrected chi connectivity index (χ0v) is 7.94. The molecular weight excluding hydrogens is 178 g/mol. The predicted molar refractivity (Wildman–Crippen MR) is 49.7 cm³/mol. The normalized spacial score (nSPS) is 10.1. The van der Waals surface area contributed by atoms with Gasteiger partial charge in [-0.2, -0.15) is 0 Å². The van der Waals surface area contributed by atoms with E-state index in [1.165, 1.54) is 0 Å². The van der Waals surface area contributed by atoms with Crippen LogP contribution < -0.4 is 5.32 Å². The maximum Gasteiger partial charge on any atom is 0.317 e. The number of carbonyl (C=O) groups is 1. The minimum Gasteiger partial charge on any atom is -0.480 e. The lowest BCUT2D eigenvalue weighted by molar-refractivity contribution is -0.135. The first-order chi connectivity index (χ1) is 5.77. The minimum atomic E-state index is -0.796. The van der Waals surface area contributed by atoms with Crippen LogP contribution in [0.25, 0.3) is 0 Å². The largest absolute Gasteiger partial charge is 0.480 e. The summed E-state index contributed by atoms with van der Waals surface area (Å²) in [5, 5.41) is 11.1. The van der Waals surface area contributed by atoms with Gasteiger partial charge in [-0.15, -0.1) is 11.6 Å². The van der Waals surface area contributed by atoms with Gasteiger partial charge in [-0.3, -0.25) is 4.79 Å². The molecule has 0 heterocycles. The molecule has 0 spiro atoms. The molecule has 0 saturated carbocycles. The number of nitrogens with one attached hydrogen (secondary N) is 1. The smallest absolute Gasteiger partial charge is 0.317 e. The zero-order chi connectivity index (χ0) is 9.23. The van der Waals surface area contributed by atoms with Gasteiger partial charge in [0, 0.05) is 5.88 Å². The maximum absolute atomic E-state index is 10.1. The molecule has 2 N–H and O–H groups in total. The Balaban J connectivity index is 2.86. The van der Waals surface area contributed by atoms with Crippen LogP contribution in [0.5, 0.6) is 0 Å². The fraction of sp³-hybridized carbons (Fsp3) is 0.875. The van der Waals surface area contributed by atoms with E-state index >= 15 is 0 Å². The van der Waals surface area contributed by atoms with Crippen molar-refractivity contribution in [1.29, 1.82) is 0 Å². The van der Waals surface area contributed by atoms with Gasteiger partial charge in [-0.05, 0) is 19.4 Å². The number of rotatable bonds is 8. The Hall–Kier alpha value is -0.280. The molecule has 0 unspecified atom stereocenters. The molecule has 0 aromatic carbocycles. The van der Waals surface area contributed by atoms with E-state index < -0.39 is 5.97 Å². The van der Waals surface area contributed by atoms with Crippen molar-refractivity contribution < 1.29 is 9.90 Å². The van der Waals surface area contributed by atoms with E-state index in [-0.39, 0.29) is 6.54 Å². The molecule has 0 bridgehead atoms. The molecule has 0 aliphatic rings. The van der Waals surface area contributed by atoms with Crippen LogP contribution in [0, 0.1) is 0 Å². The maximum atomic E-state index is 10.1. The molecule has 12 heavy (non-hydrogen) atoms. The van der Waals surface area contributed by atoms with Crippen LogP contribution in [-0.4, -0.2) is 30.0 Å². The average Bonchev–Trinajstić information content (AvgIpc) is 2.02. The molecule has 0 fully saturated rings. The SMILES string of the molecule is O=C(O)CNCCCCCCCl. The summed E-state index contributed by atoms with van der Waals surface area (Å²) in [7, 11) is 0. The summed E-state index contributed by atoms with van der Waals surface area (Å²) in [6.45, 7) is 0.851. The Labute approximate surface area is 78.1 Å². The Morgan fingerprint density at radius 1 is 1.25 bits per heavy atom. The van der Waals surface area contributed by atoms with Crippen LogP contribution in [0.4, 0.5) is 0 Å². The van der Waals surface area contributed by atoms with E-state index in [4.69, 9.17) is 16.7 Å². The molecule has 0 aliphatic carbocycles. The Bertz CT molecular complexity index is 120. The Morgan fingerprint density at radius 3 is 2.50 bits per heavy atom. The molecule has 0 aliphatic heterocycles. The summed E-state index contributed by atoms with van der Waals surface area (Å²) in [6.07, 6.45) is 4.35. The molecule has 72 valence electrons. The van der Waals surface area contributed by atoms with Crippen LogP contribution >= 0.6 is 11.6 Å². The first-order valence-electron chi connectivity index (χ1n) is 4.26. The van der Waals surface area contributed by atoms with Crippen molar-refractivity contribution in [2.45, 2.75) is 25.7 Å². The molecular formula is C8H16ClNO2. The summed E-state index contributed by atoms with van der Waals surface area (Å²) >= 11 is 5.49. The number of halogens is 1. The average molecular weight is 194 g/mol. The second-order valence-corrected chi connectivity index (χ2v) is 3.05. The molecule has 0 amide bonds. The van der Waals surface area contributed by atoms with Gasteiger partial charge in [0.25, 0.3) is 0 Å². The van der Waals surface area contributed by atoms with E-state index in [0.29, 0.717) is 0 Å². The van der Waals surface area contributed by atoms with Crippen LogP contribution in [0.3, 0.4) is 0 Å². The van der Waals surface area contributed by atoms with Crippen molar-refractivity contribution in [1.82, 2.24) is 5.32 Å². The van der Waals surface area contributed by atoms with Crippen LogP contribution in [0.2, 0.25) is 0 Å². The lowest BCUT2D eigenvalue weighted by Crippen LogP contribution is -2.23. The van der Waals surface area contributed by atoms with E-state index in [1.807, 2.05) is 0 Å². The summed E-state index contributed by atoms with van der Waals surface area (Å²) < 4.78 is 0. The third-order valence-corrected chi connectivity index (χ3v) is 1.78. The van der Waals surface area contributed by atoms with Gasteiger partial charge in [-0.25, -0.2) is 0 Å². The fourth-order valence-corrected chi connectivity index (χ4v) is 1.08. The number of hydrogen-bond donors (Lipinski definition) is 2. The van der Waals surface area contributed by atoms with Gasteiger partial charge < -0.3 is 10.4 Å². The summed E-state index contributed by atoms with van der Waals surface area (Å²) in [5.74, 6) is -0.0708. The lowest BCUT2D eigenvalue weighted by Gasteiger charge is -2.00. The van der Waals surface area contributed by atoms with Gasteiger partial charge in [0.1, 0.15) is 0 Å². The van der Waals surface area contributed by atoms with Crippen molar-refractivity contribution in [3.05, 3.63) is 0 Å². The van der Waals surface area contributed by atoms with Gasteiger partial charge in [0.05, 0.1) is 6.54 Å². The standard InChI is InChI=1S/C8H16ClNO2/c9-5-3-1-2-4-6-10-7-8(11)12/h10H,1-7H2,(H,11,12). The molecule has 0 saturated heterocycles. The Kier molecular flexibility index (Phi) is 8.61. The summed E-state index contributed by atoms with van der Waals surface area (Å²) in [4.78, 5) is 10.1. The van der Waals surface area contributed by atoms with E-state index in [9.17, 15) is 4.79 Å². The van der Waals surface area contributed by atoms with Gasteiger partial charge in [-0.1, -0.05) is 12.8 Å². The molecule has 0 rings (SSSR count). The highest BCUT2D eigenvalue weighted by molar-refractivity contribution is 6.17.